The van der Waals surface area contributed by atoms with E-state index in [9.17, 15) is 19.8 Å². The number of piperidine rings is 1. The molecule has 0 aliphatic carbocycles. The van der Waals surface area contributed by atoms with Gasteiger partial charge in [0, 0.05) is 37.9 Å². The highest BCUT2D eigenvalue weighted by Gasteiger charge is 2.22. The van der Waals surface area contributed by atoms with E-state index in [2.05, 4.69) is 47.1 Å². The molecule has 9 heteroatoms. The number of hydrogen-bond acceptors (Lipinski definition) is 6. The van der Waals surface area contributed by atoms with E-state index >= 15 is 0 Å². The maximum Gasteiger partial charge on any atom is 0.317 e. The molecule has 220 valence electrons. The summed E-state index contributed by atoms with van der Waals surface area (Å²) in [6.07, 6.45) is 9.20. The molecular formula is C31H47N5O4. The van der Waals surface area contributed by atoms with Crippen LogP contribution < -0.4 is 21.7 Å². The molecule has 1 aliphatic rings. The van der Waals surface area contributed by atoms with Crippen LogP contribution in [0, 0.1) is 0 Å². The Labute approximate surface area is 238 Å². The summed E-state index contributed by atoms with van der Waals surface area (Å²) in [5.41, 5.74) is 8.05. The normalized spacial score (nSPS) is 14.6. The summed E-state index contributed by atoms with van der Waals surface area (Å²) in [7, 11) is 0. The molecule has 1 heterocycles. The van der Waals surface area contributed by atoms with Crippen molar-refractivity contribution in [1.29, 1.82) is 0 Å². The van der Waals surface area contributed by atoms with E-state index in [1.54, 1.807) is 6.07 Å². The molecule has 0 radical (unpaired) electrons. The van der Waals surface area contributed by atoms with Gasteiger partial charge in [-0.1, -0.05) is 57.2 Å². The molecule has 3 amide bonds. The van der Waals surface area contributed by atoms with Crippen LogP contribution in [-0.4, -0.2) is 65.8 Å². The fraction of sp³-hybridized carbons (Fsp3) is 0.548. The maximum atomic E-state index is 12.5. The van der Waals surface area contributed by atoms with E-state index < -0.39 is 12.0 Å². The van der Waals surface area contributed by atoms with Crippen molar-refractivity contribution in [1.82, 2.24) is 15.5 Å². The summed E-state index contributed by atoms with van der Waals surface area (Å²) in [6, 6.07) is 13.2. The summed E-state index contributed by atoms with van der Waals surface area (Å²) in [5.74, 6) is -0.925. The van der Waals surface area contributed by atoms with E-state index in [0.29, 0.717) is 24.7 Å². The number of hydrogen-bond donors (Lipinski definition) is 6. The fourth-order valence-corrected chi connectivity index (χ4v) is 4.99. The number of amides is 3. The van der Waals surface area contributed by atoms with Crippen LogP contribution >= 0.6 is 0 Å². The number of likely N-dealkylation sites (tertiary alicyclic amines) is 1. The lowest BCUT2D eigenvalue weighted by Gasteiger charge is -2.33. The van der Waals surface area contributed by atoms with Gasteiger partial charge in [0.05, 0.1) is 11.7 Å². The Kier molecular flexibility index (Phi) is 13.1. The smallest absolute Gasteiger partial charge is 0.317 e. The lowest BCUT2D eigenvalue weighted by molar-refractivity contribution is 0.0997. The number of rotatable bonds is 16. The zero-order chi connectivity index (χ0) is 28.7. The minimum absolute atomic E-state index is 0.0000944. The quantitative estimate of drug-likeness (QED) is 0.171. The first-order valence-corrected chi connectivity index (χ1v) is 14.8. The van der Waals surface area contributed by atoms with E-state index in [1.807, 2.05) is 4.90 Å². The third kappa shape index (κ3) is 10.4. The topological polar surface area (TPSA) is 140 Å². The number of aliphatic hydroxyl groups is 1. The van der Waals surface area contributed by atoms with Crippen molar-refractivity contribution in [3.63, 3.8) is 0 Å². The third-order valence-corrected chi connectivity index (χ3v) is 7.51. The highest BCUT2D eigenvalue weighted by atomic mass is 16.3. The number of nitrogens with zero attached hydrogens (tertiary/aromatic N) is 1. The summed E-state index contributed by atoms with van der Waals surface area (Å²) in [5, 5.41) is 30.0. The van der Waals surface area contributed by atoms with Crippen LogP contribution in [0.15, 0.2) is 42.5 Å². The van der Waals surface area contributed by atoms with Gasteiger partial charge in [0.15, 0.2) is 0 Å². The Morgan fingerprint density at radius 3 is 2.40 bits per heavy atom. The molecule has 1 atom stereocenters. The average Bonchev–Trinajstić information content (AvgIpc) is 2.96. The van der Waals surface area contributed by atoms with Crippen molar-refractivity contribution in [2.24, 2.45) is 5.73 Å². The minimum atomic E-state index is -0.817. The van der Waals surface area contributed by atoms with Crippen LogP contribution in [0.4, 0.5) is 10.5 Å². The summed E-state index contributed by atoms with van der Waals surface area (Å²) < 4.78 is 0. The third-order valence-electron chi connectivity index (χ3n) is 7.51. The van der Waals surface area contributed by atoms with E-state index in [1.165, 1.54) is 49.8 Å². The van der Waals surface area contributed by atoms with Crippen molar-refractivity contribution in [2.45, 2.75) is 76.9 Å². The second-order valence-corrected chi connectivity index (χ2v) is 10.7. The number of aliphatic hydroxyl groups excluding tert-OH is 1. The van der Waals surface area contributed by atoms with Gasteiger partial charge >= 0.3 is 6.03 Å². The molecule has 0 spiro atoms. The monoisotopic (exact) mass is 553 g/mol. The lowest BCUT2D eigenvalue weighted by atomic mass is 10.0. The van der Waals surface area contributed by atoms with Crippen molar-refractivity contribution >= 4 is 17.6 Å². The Morgan fingerprint density at radius 1 is 1.00 bits per heavy atom. The van der Waals surface area contributed by atoms with Crippen LogP contribution in [0.5, 0.6) is 5.75 Å². The van der Waals surface area contributed by atoms with E-state index in [4.69, 9.17) is 5.73 Å². The fourth-order valence-electron chi connectivity index (χ4n) is 4.99. The molecule has 0 unspecified atom stereocenters. The Hall–Kier alpha value is -3.30. The van der Waals surface area contributed by atoms with Gasteiger partial charge in [-0.3, -0.25) is 4.79 Å². The van der Waals surface area contributed by atoms with Gasteiger partial charge in [-0.2, -0.15) is 0 Å². The SMILES string of the molecule is CCCCCCCCNC(=O)N1CCC(Nc2ccc(CCNC[C@H](O)c3ccc(O)c(C(N)=O)c3)cc2)CC1. The maximum absolute atomic E-state index is 12.5. The number of nitrogens with two attached hydrogens (primary N) is 1. The first-order valence-electron chi connectivity index (χ1n) is 14.8. The Balaban J connectivity index is 1.30. The molecular weight excluding hydrogens is 506 g/mol. The summed E-state index contributed by atoms with van der Waals surface area (Å²) in [4.78, 5) is 25.8. The highest BCUT2D eigenvalue weighted by Crippen LogP contribution is 2.22. The number of unbranched alkanes of at least 4 members (excludes halogenated alkanes) is 5. The largest absolute Gasteiger partial charge is 0.507 e. The van der Waals surface area contributed by atoms with Crippen LogP contribution in [0.2, 0.25) is 0 Å². The van der Waals surface area contributed by atoms with Gasteiger partial charge in [0.25, 0.3) is 5.91 Å². The standard InChI is InChI=1S/C31H47N5O4/c1-2-3-4-5-6-7-17-34-31(40)36-19-15-26(16-20-36)35-25-11-8-23(9-12-25)14-18-33-22-29(38)24-10-13-28(37)27(21-24)30(32)39/h8-13,21,26,29,33,35,37-38H,2-7,14-20,22H2,1H3,(H2,32,39)(H,34,40)/t29-/m0/s1. The van der Waals surface area contributed by atoms with Gasteiger partial charge in [-0.25, -0.2) is 4.79 Å². The summed E-state index contributed by atoms with van der Waals surface area (Å²) >= 11 is 0. The molecule has 0 saturated carbocycles. The molecule has 3 rings (SSSR count). The number of primary amides is 1. The first-order chi connectivity index (χ1) is 19.4. The predicted molar refractivity (Wildman–Crippen MR) is 160 cm³/mol. The molecule has 0 aromatic heterocycles. The molecule has 7 N–H and O–H groups in total. The molecule has 9 nitrogen and oxygen atoms in total. The van der Waals surface area contributed by atoms with Crippen molar-refractivity contribution < 1.29 is 19.8 Å². The van der Waals surface area contributed by atoms with Crippen LogP contribution in [0.25, 0.3) is 0 Å². The van der Waals surface area contributed by atoms with E-state index in [-0.39, 0.29) is 17.3 Å². The first kappa shape index (κ1) is 31.2. The van der Waals surface area contributed by atoms with Crippen LogP contribution in [-0.2, 0) is 6.42 Å². The Bertz CT molecular complexity index is 1050. The molecule has 2 aromatic rings. The lowest BCUT2D eigenvalue weighted by Crippen LogP contribution is -2.47. The van der Waals surface area contributed by atoms with Crippen LogP contribution in [0.3, 0.4) is 0 Å². The van der Waals surface area contributed by atoms with Crippen LogP contribution in [0.1, 0.15) is 85.9 Å². The molecule has 0 bridgehead atoms. The molecule has 2 aromatic carbocycles. The van der Waals surface area contributed by atoms with Gasteiger partial charge < -0.3 is 36.8 Å². The van der Waals surface area contributed by atoms with Gasteiger partial charge in [-0.15, -0.1) is 0 Å². The summed E-state index contributed by atoms with van der Waals surface area (Å²) in [6.45, 7) is 5.52. The number of anilines is 1. The van der Waals surface area contributed by atoms with Gasteiger partial charge in [0.1, 0.15) is 5.75 Å². The zero-order valence-corrected chi connectivity index (χ0v) is 23.8. The highest BCUT2D eigenvalue weighted by molar-refractivity contribution is 5.95. The number of aromatic hydroxyl groups is 1. The minimum Gasteiger partial charge on any atom is -0.507 e. The number of carbonyl (C=O) groups excluding carboxylic acids is 2. The Morgan fingerprint density at radius 2 is 1.70 bits per heavy atom. The zero-order valence-electron chi connectivity index (χ0n) is 23.8. The number of urea groups is 1. The van der Waals surface area contributed by atoms with E-state index in [0.717, 1.165) is 51.0 Å². The second kappa shape index (κ2) is 16.7. The number of benzene rings is 2. The molecule has 40 heavy (non-hydrogen) atoms. The number of phenols is 1. The number of carbonyl (C=O) groups is 2. The molecule has 1 fully saturated rings. The van der Waals surface area contributed by atoms with Gasteiger partial charge in [0.2, 0.25) is 0 Å². The van der Waals surface area contributed by atoms with Gasteiger partial charge in [-0.05, 0) is 67.6 Å². The predicted octanol–water partition coefficient (Wildman–Crippen LogP) is 4.30. The van der Waals surface area contributed by atoms with Crippen molar-refractivity contribution in [3.05, 3.63) is 59.2 Å². The van der Waals surface area contributed by atoms with Crippen molar-refractivity contribution in [2.75, 3.05) is 38.0 Å². The molecule has 1 aliphatic heterocycles. The second-order valence-electron chi connectivity index (χ2n) is 10.7. The average molecular weight is 554 g/mol. The van der Waals surface area contributed by atoms with Crippen molar-refractivity contribution in [3.8, 4) is 5.75 Å². The molecule has 1 saturated heterocycles. The number of nitrogens with one attached hydrogen (secondary N) is 3.